The SMILES string of the molecule is C1=CCC23CCCC2(C1)O3. The van der Waals surface area contributed by atoms with Gasteiger partial charge >= 0.3 is 0 Å². The Bertz CT molecular complexity index is 189. The molecule has 0 aromatic heterocycles. The van der Waals surface area contributed by atoms with E-state index >= 15 is 0 Å². The van der Waals surface area contributed by atoms with Gasteiger partial charge in [0.1, 0.15) is 11.2 Å². The Kier molecular flexibility index (Phi) is 0.713. The van der Waals surface area contributed by atoms with Crippen LogP contribution in [0.4, 0.5) is 0 Å². The van der Waals surface area contributed by atoms with E-state index in [0.717, 1.165) is 0 Å². The summed E-state index contributed by atoms with van der Waals surface area (Å²) in [6.07, 6.45) is 11.0. The van der Waals surface area contributed by atoms with Gasteiger partial charge in [-0.05, 0) is 32.1 Å². The zero-order valence-corrected chi connectivity index (χ0v) is 6.10. The predicted molar refractivity (Wildman–Crippen MR) is 38.8 cm³/mol. The zero-order chi connectivity index (χ0) is 6.66. The summed E-state index contributed by atoms with van der Waals surface area (Å²) in [5.41, 5.74) is 0.698. The van der Waals surface area contributed by atoms with Crippen LogP contribution in [0.25, 0.3) is 0 Å². The molecule has 2 fully saturated rings. The molecule has 1 aliphatic heterocycles. The molecular formula is C9H12O. The van der Waals surface area contributed by atoms with E-state index in [9.17, 15) is 0 Å². The summed E-state index contributed by atoms with van der Waals surface area (Å²) in [6, 6.07) is 0. The van der Waals surface area contributed by atoms with Crippen molar-refractivity contribution in [1.82, 2.24) is 0 Å². The van der Waals surface area contributed by atoms with Gasteiger partial charge in [0.25, 0.3) is 0 Å². The fourth-order valence-electron chi connectivity index (χ4n) is 2.77. The molecule has 0 bridgehead atoms. The molecule has 2 aliphatic carbocycles. The Balaban J connectivity index is 2.03. The maximum Gasteiger partial charge on any atom is 0.102 e. The third-order valence-electron chi connectivity index (χ3n) is 3.40. The van der Waals surface area contributed by atoms with Crippen molar-refractivity contribution in [2.45, 2.75) is 43.3 Å². The number of epoxide rings is 1. The normalized spacial score (nSPS) is 56.0. The van der Waals surface area contributed by atoms with Gasteiger partial charge in [0.2, 0.25) is 0 Å². The lowest BCUT2D eigenvalue weighted by molar-refractivity contribution is 0.220. The summed E-state index contributed by atoms with van der Waals surface area (Å²) in [5.74, 6) is 0. The molecule has 0 spiro atoms. The molecule has 1 heterocycles. The first-order valence-corrected chi connectivity index (χ1v) is 4.22. The van der Waals surface area contributed by atoms with Crippen LogP contribution in [0.15, 0.2) is 12.2 Å². The summed E-state index contributed by atoms with van der Waals surface area (Å²) >= 11 is 0. The second-order valence-electron chi connectivity index (χ2n) is 3.82. The molecule has 2 atom stereocenters. The van der Waals surface area contributed by atoms with Crippen LogP contribution < -0.4 is 0 Å². The summed E-state index contributed by atoms with van der Waals surface area (Å²) < 4.78 is 5.83. The minimum absolute atomic E-state index is 0.349. The Morgan fingerprint density at radius 2 is 1.60 bits per heavy atom. The molecule has 0 aromatic rings. The fraction of sp³-hybridized carbons (Fsp3) is 0.778. The first-order chi connectivity index (χ1) is 4.87. The van der Waals surface area contributed by atoms with Crippen molar-refractivity contribution in [3.63, 3.8) is 0 Å². The number of rotatable bonds is 0. The molecule has 1 nitrogen and oxygen atoms in total. The molecule has 0 N–H and O–H groups in total. The third-order valence-corrected chi connectivity index (χ3v) is 3.40. The maximum atomic E-state index is 5.83. The van der Waals surface area contributed by atoms with E-state index in [0.29, 0.717) is 11.2 Å². The molecule has 0 aromatic carbocycles. The van der Waals surface area contributed by atoms with Crippen LogP contribution in [0.3, 0.4) is 0 Å². The van der Waals surface area contributed by atoms with E-state index in [1.807, 2.05) is 0 Å². The highest BCUT2D eigenvalue weighted by Crippen LogP contribution is 2.65. The summed E-state index contributed by atoms with van der Waals surface area (Å²) in [6.45, 7) is 0. The number of hydrogen-bond acceptors (Lipinski definition) is 1. The molecule has 1 saturated heterocycles. The number of hydrogen-bond donors (Lipinski definition) is 0. The topological polar surface area (TPSA) is 12.5 Å². The zero-order valence-electron chi connectivity index (χ0n) is 6.10. The summed E-state index contributed by atoms with van der Waals surface area (Å²) in [7, 11) is 0. The van der Waals surface area contributed by atoms with Gasteiger partial charge in [0.15, 0.2) is 0 Å². The first-order valence-electron chi connectivity index (χ1n) is 4.22. The molecule has 0 radical (unpaired) electrons. The smallest absolute Gasteiger partial charge is 0.102 e. The monoisotopic (exact) mass is 136 g/mol. The molecule has 1 saturated carbocycles. The van der Waals surface area contributed by atoms with Crippen molar-refractivity contribution >= 4 is 0 Å². The average molecular weight is 136 g/mol. The lowest BCUT2D eigenvalue weighted by Crippen LogP contribution is -2.20. The molecule has 3 aliphatic rings. The van der Waals surface area contributed by atoms with Crippen LogP contribution in [0.2, 0.25) is 0 Å². The van der Waals surface area contributed by atoms with Gasteiger partial charge in [-0.2, -0.15) is 0 Å². The van der Waals surface area contributed by atoms with Gasteiger partial charge in [-0.15, -0.1) is 0 Å². The van der Waals surface area contributed by atoms with Crippen LogP contribution in [-0.2, 0) is 4.74 Å². The van der Waals surface area contributed by atoms with E-state index in [4.69, 9.17) is 4.74 Å². The summed E-state index contributed by atoms with van der Waals surface area (Å²) in [4.78, 5) is 0. The molecule has 54 valence electrons. The first kappa shape index (κ1) is 5.36. The van der Waals surface area contributed by atoms with Crippen LogP contribution >= 0.6 is 0 Å². The highest BCUT2D eigenvalue weighted by atomic mass is 16.6. The van der Waals surface area contributed by atoms with Gasteiger partial charge in [0.05, 0.1) is 0 Å². The largest absolute Gasteiger partial charge is 0.362 e. The quantitative estimate of drug-likeness (QED) is 0.366. The van der Waals surface area contributed by atoms with Gasteiger partial charge in [0, 0.05) is 0 Å². The average Bonchev–Trinajstić information content (AvgIpc) is 2.47. The van der Waals surface area contributed by atoms with Gasteiger partial charge in [-0.3, -0.25) is 0 Å². The lowest BCUT2D eigenvalue weighted by atomic mass is 9.86. The van der Waals surface area contributed by atoms with Crippen molar-refractivity contribution in [2.75, 3.05) is 0 Å². The van der Waals surface area contributed by atoms with E-state index in [1.165, 1.54) is 32.1 Å². The Morgan fingerprint density at radius 1 is 1.00 bits per heavy atom. The lowest BCUT2D eigenvalue weighted by Gasteiger charge is -2.11. The van der Waals surface area contributed by atoms with Gasteiger partial charge < -0.3 is 4.74 Å². The van der Waals surface area contributed by atoms with Crippen molar-refractivity contribution in [2.24, 2.45) is 0 Å². The molecular weight excluding hydrogens is 124 g/mol. The van der Waals surface area contributed by atoms with E-state index < -0.39 is 0 Å². The van der Waals surface area contributed by atoms with Crippen LogP contribution in [0, 0.1) is 0 Å². The predicted octanol–water partition coefficient (Wildman–Crippen LogP) is 2.03. The van der Waals surface area contributed by atoms with Crippen LogP contribution in [0.5, 0.6) is 0 Å². The van der Waals surface area contributed by atoms with Crippen LogP contribution in [-0.4, -0.2) is 11.2 Å². The van der Waals surface area contributed by atoms with E-state index in [-0.39, 0.29) is 0 Å². The third kappa shape index (κ3) is 0.392. The van der Waals surface area contributed by atoms with Crippen LogP contribution in [0.1, 0.15) is 32.1 Å². The minimum atomic E-state index is 0.349. The molecule has 1 heteroatoms. The second kappa shape index (κ2) is 1.33. The highest BCUT2D eigenvalue weighted by Gasteiger charge is 2.71. The van der Waals surface area contributed by atoms with Gasteiger partial charge in [-0.1, -0.05) is 12.2 Å². The standard InChI is InChI=1S/C9H12O/c1-2-5-9-7-3-6-8(9,4-1)10-9/h1-2H,3-7H2. The maximum absolute atomic E-state index is 5.83. The van der Waals surface area contributed by atoms with Gasteiger partial charge in [-0.25, -0.2) is 0 Å². The van der Waals surface area contributed by atoms with Crippen molar-refractivity contribution in [3.8, 4) is 0 Å². The second-order valence-corrected chi connectivity index (χ2v) is 3.82. The Morgan fingerprint density at radius 3 is 2.20 bits per heavy atom. The Labute approximate surface area is 61.1 Å². The summed E-state index contributed by atoms with van der Waals surface area (Å²) in [5, 5.41) is 0. The highest BCUT2D eigenvalue weighted by molar-refractivity contribution is 5.26. The van der Waals surface area contributed by atoms with Crippen molar-refractivity contribution < 1.29 is 4.74 Å². The van der Waals surface area contributed by atoms with Crippen molar-refractivity contribution in [1.29, 1.82) is 0 Å². The van der Waals surface area contributed by atoms with E-state index in [2.05, 4.69) is 12.2 Å². The Hall–Kier alpha value is -0.300. The minimum Gasteiger partial charge on any atom is -0.362 e. The molecule has 2 unspecified atom stereocenters. The molecule has 10 heavy (non-hydrogen) atoms. The molecule has 3 rings (SSSR count). The van der Waals surface area contributed by atoms with Crippen molar-refractivity contribution in [3.05, 3.63) is 12.2 Å². The number of ether oxygens (including phenoxy) is 1. The fourth-order valence-corrected chi connectivity index (χ4v) is 2.77. The molecule has 0 amide bonds. The van der Waals surface area contributed by atoms with E-state index in [1.54, 1.807) is 0 Å².